The fraction of sp³-hybridized carbons (Fsp3) is 0.185. The largest absolute Gasteiger partial charge is 0.445 e. The van der Waals surface area contributed by atoms with Gasteiger partial charge in [0.05, 0.1) is 17.4 Å². The first-order chi connectivity index (χ1) is 17.0. The molecule has 0 unspecified atom stereocenters. The number of likely N-dealkylation sites (N-methyl/N-ethyl adjacent to an activating group) is 1. The van der Waals surface area contributed by atoms with Gasteiger partial charge in [0.2, 0.25) is 5.91 Å². The second-order valence-electron chi connectivity index (χ2n) is 8.17. The monoisotopic (exact) mass is 470 g/mol. The number of ether oxygens (including phenoxy) is 1. The zero-order chi connectivity index (χ0) is 24.6. The van der Waals surface area contributed by atoms with Crippen LogP contribution in [0.2, 0.25) is 0 Å². The predicted molar refractivity (Wildman–Crippen MR) is 133 cm³/mol. The summed E-state index contributed by atoms with van der Waals surface area (Å²) in [4.78, 5) is 46.9. The fourth-order valence-corrected chi connectivity index (χ4v) is 3.74. The molecular formula is C27H26N4O4. The molecule has 35 heavy (non-hydrogen) atoms. The van der Waals surface area contributed by atoms with Gasteiger partial charge < -0.3 is 19.9 Å². The lowest BCUT2D eigenvalue weighted by atomic mass is 10.0. The van der Waals surface area contributed by atoms with Crippen LogP contribution in [0.3, 0.4) is 0 Å². The molecule has 8 nitrogen and oxygen atoms in total. The van der Waals surface area contributed by atoms with E-state index in [-0.39, 0.29) is 31.0 Å². The smallest absolute Gasteiger partial charge is 0.408 e. The highest BCUT2D eigenvalue weighted by molar-refractivity contribution is 5.86. The van der Waals surface area contributed by atoms with E-state index in [4.69, 9.17) is 4.74 Å². The van der Waals surface area contributed by atoms with Crippen LogP contribution in [0.15, 0.2) is 89.7 Å². The van der Waals surface area contributed by atoms with E-state index in [1.807, 2.05) is 60.7 Å². The molecule has 0 aliphatic rings. The minimum absolute atomic E-state index is 0.0743. The molecule has 178 valence electrons. The van der Waals surface area contributed by atoms with E-state index in [1.165, 1.54) is 4.90 Å². The average molecular weight is 471 g/mol. The highest BCUT2D eigenvalue weighted by Crippen LogP contribution is 2.10. The lowest BCUT2D eigenvalue weighted by Crippen LogP contribution is -2.48. The number of H-pyrrole nitrogens is 1. The van der Waals surface area contributed by atoms with Crippen LogP contribution in [0.1, 0.15) is 17.0 Å². The Kier molecular flexibility index (Phi) is 7.52. The van der Waals surface area contributed by atoms with Crippen molar-refractivity contribution >= 4 is 22.9 Å². The Morgan fingerprint density at radius 1 is 0.943 bits per heavy atom. The van der Waals surface area contributed by atoms with Gasteiger partial charge in [0.1, 0.15) is 18.5 Å². The van der Waals surface area contributed by atoms with Crippen molar-refractivity contribution in [2.45, 2.75) is 25.6 Å². The summed E-state index contributed by atoms with van der Waals surface area (Å²) in [5.41, 5.74) is 2.02. The maximum Gasteiger partial charge on any atom is 0.408 e. The van der Waals surface area contributed by atoms with Gasteiger partial charge in [-0.05, 0) is 23.3 Å². The number of rotatable bonds is 8. The summed E-state index contributed by atoms with van der Waals surface area (Å²) in [5.74, 6) is 0.0241. The third-order valence-electron chi connectivity index (χ3n) is 5.51. The molecule has 0 radical (unpaired) electrons. The molecule has 1 atom stereocenters. The van der Waals surface area contributed by atoms with Crippen molar-refractivity contribution in [1.29, 1.82) is 0 Å². The molecule has 1 heterocycles. The number of amides is 2. The molecule has 2 N–H and O–H groups in total. The fourth-order valence-electron chi connectivity index (χ4n) is 3.74. The average Bonchev–Trinajstić information content (AvgIpc) is 2.88. The summed E-state index contributed by atoms with van der Waals surface area (Å²) >= 11 is 0. The van der Waals surface area contributed by atoms with Crippen molar-refractivity contribution in [3.05, 3.63) is 112 Å². The zero-order valence-corrected chi connectivity index (χ0v) is 19.3. The number of para-hydroxylation sites is 1. The Hall–Kier alpha value is -4.46. The summed E-state index contributed by atoms with van der Waals surface area (Å²) in [6.45, 7) is 0.169. The number of carbonyl (C=O) groups excluding carboxylic acids is 2. The first-order valence-electron chi connectivity index (χ1n) is 11.2. The van der Waals surface area contributed by atoms with E-state index in [1.54, 1.807) is 31.3 Å². The summed E-state index contributed by atoms with van der Waals surface area (Å²) < 4.78 is 5.33. The van der Waals surface area contributed by atoms with Crippen molar-refractivity contribution in [1.82, 2.24) is 20.2 Å². The van der Waals surface area contributed by atoms with Crippen LogP contribution < -0.4 is 10.9 Å². The van der Waals surface area contributed by atoms with Crippen LogP contribution in [0, 0.1) is 0 Å². The molecule has 4 aromatic rings. The van der Waals surface area contributed by atoms with E-state index in [9.17, 15) is 14.4 Å². The quantitative estimate of drug-likeness (QED) is 0.411. The normalized spacial score (nSPS) is 11.6. The number of carbonyl (C=O) groups is 2. The highest BCUT2D eigenvalue weighted by atomic mass is 16.5. The Morgan fingerprint density at radius 3 is 2.29 bits per heavy atom. The second kappa shape index (κ2) is 11.1. The minimum Gasteiger partial charge on any atom is -0.445 e. The number of hydrogen-bond donors (Lipinski definition) is 2. The van der Waals surface area contributed by atoms with E-state index in [2.05, 4.69) is 15.3 Å². The van der Waals surface area contributed by atoms with Crippen molar-refractivity contribution in [2.75, 3.05) is 7.05 Å². The van der Waals surface area contributed by atoms with Crippen molar-refractivity contribution in [3.63, 3.8) is 0 Å². The molecule has 0 aliphatic carbocycles. The van der Waals surface area contributed by atoms with Gasteiger partial charge >= 0.3 is 6.09 Å². The zero-order valence-electron chi connectivity index (χ0n) is 19.3. The topological polar surface area (TPSA) is 104 Å². The Morgan fingerprint density at radius 2 is 1.57 bits per heavy atom. The van der Waals surface area contributed by atoms with Crippen LogP contribution in [0.5, 0.6) is 0 Å². The van der Waals surface area contributed by atoms with Gasteiger partial charge in [0.25, 0.3) is 5.56 Å². The highest BCUT2D eigenvalue weighted by Gasteiger charge is 2.25. The van der Waals surface area contributed by atoms with Gasteiger partial charge in [-0.3, -0.25) is 9.59 Å². The summed E-state index contributed by atoms with van der Waals surface area (Å²) in [5, 5.41) is 3.18. The van der Waals surface area contributed by atoms with Gasteiger partial charge in [-0.25, -0.2) is 9.78 Å². The Bertz CT molecular complexity index is 1360. The van der Waals surface area contributed by atoms with Crippen molar-refractivity contribution in [3.8, 4) is 0 Å². The standard InChI is InChI=1S/C27H26N4O4/c1-31(17-24-28-22-15-9-8-14-21(22)25(32)30-24)26(33)23(16-19-10-4-2-5-11-19)29-27(34)35-18-20-12-6-3-7-13-20/h2-15,23H,16-18H2,1H3,(H,29,34)(H,28,30,32)/t23-/m1/s1. The summed E-state index contributed by atoms with van der Waals surface area (Å²) in [6, 6.07) is 24.9. The maximum atomic E-state index is 13.3. The molecule has 0 saturated carbocycles. The molecule has 2 amide bonds. The lowest BCUT2D eigenvalue weighted by Gasteiger charge is -2.24. The van der Waals surface area contributed by atoms with Crippen LogP contribution in [0.25, 0.3) is 10.9 Å². The molecule has 0 fully saturated rings. The Labute approximate surface area is 202 Å². The molecule has 0 spiro atoms. The molecule has 0 aliphatic heterocycles. The maximum absolute atomic E-state index is 13.3. The number of alkyl carbamates (subject to hydrolysis) is 1. The lowest BCUT2D eigenvalue weighted by molar-refractivity contribution is -0.132. The van der Waals surface area contributed by atoms with Crippen molar-refractivity contribution < 1.29 is 14.3 Å². The molecule has 1 aromatic heterocycles. The Balaban J connectivity index is 1.47. The second-order valence-corrected chi connectivity index (χ2v) is 8.17. The van der Waals surface area contributed by atoms with Crippen LogP contribution >= 0.6 is 0 Å². The van der Waals surface area contributed by atoms with Crippen molar-refractivity contribution in [2.24, 2.45) is 0 Å². The number of nitrogens with zero attached hydrogens (tertiary/aromatic N) is 2. The molecule has 4 rings (SSSR count). The number of benzene rings is 3. The third-order valence-corrected chi connectivity index (χ3v) is 5.51. The SMILES string of the molecule is CN(Cc1nc2ccccc2c(=O)[nH]1)C(=O)[C@@H](Cc1ccccc1)NC(=O)OCc1ccccc1. The molecular weight excluding hydrogens is 444 g/mol. The van der Waals surface area contributed by atoms with Gasteiger partial charge in [-0.1, -0.05) is 72.8 Å². The van der Waals surface area contributed by atoms with Gasteiger partial charge in [0.15, 0.2) is 0 Å². The van der Waals surface area contributed by atoms with Crippen LogP contribution in [-0.2, 0) is 29.1 Å². The first-order valence-corrected chi connectivity index (χ1v) is 11.2. The van der Waals surface area contributed by atoms with Crippen LogP contribution in [-0.4, -0.2) is 40.0 Å². The number of nitrogens with one attached hydrogen (secondary N) is 2. The first kappa shape index (κ1) is 23.7. The van der Waals surface area contributed by atoms with Crippen LogP contribution in [0.4, 0.5) is 4.79 Å². The number of hydrogen-bond acceptors (Lipinski definition) is 5. The van der Waals surface area contributed by atoms with Gasteiger partial charge in [-0.2, -0.15) is 0 Å². The number of fused-ring (bicyclic) bond motifs is 1. The van der Waals surface area contributed by atoms with E-state index < -0.39 is 12.1 Å². The minimum atomic E-state index is -0.863. The van der Waals surface area contributed by atoms with Gasteiger partial charge in [0, 0.05) is 13.5 Å². The molecule has 3 aromatic carbocycles. The molecule has 0 bridgehead atoms. The summed E-state index contributed by atoms with van der Waals surface area (Å²) in [6.07, 6.45) is -0.402. The number of aromatic amines is 1. The number of aromatic nitrogens is 2. The van der Waals surface area contributed by atoms with E-state index >= 15 is 0 Å². The molecule has 8 heteroatoms. The van der Waals surface area contributed by atoms with E-state index in [0.717, 1.165) is 11.1 Å². The predicted octanol–water partition coefficient (Wildman–Crippen LogP) is 3.42. The molecule has 0 saturated heterocycles. The summed E-state index contributed by atoms with van der Waals surface area (Å²) in [7, 11) is 1.60. The van der Waals surface area contributed by atoms with Gasteiger partial charge in [-0.15, -0.1) is 0 Å². The van der Waals surface area contributed by atoms with E-state index in [0.29, 0.717) is 16.7 Å². The third kappa shape index (κ3) is 6.32.